The third kappa shape index (κ3) is 1.72. The molecule has 0 radical (unpaired) electrons. The number of nitrogens with zero attached hydrogens (tertiary/aromatic N) is 1. The summed E-state index contributed by atoms with van der Waals surface area (Å²) in [6.07, 6.45) is 11.2. The highest BCUT2D eigenvalue weighted by Gasteiger charge is 2.38. The largest absolute Gasteiger partial charge is 0.328 e. The lowest BCUT2D eigenvalue weighted by atomic mass is 9.98. The first-order valence-electron chi connectivity index (χ1n) is 5.26. The molecule has 0 aromatic carbocycles. The van der Waals surface area contributed by atoms with Crippen LogP contribution in [0, 0.1) is 12.3 Å². The highest BCUT2D eigenvalue weighted by atomic mass is 15.2. The Hall–Kier alpha value is -0.520. The third-order valence-corrected chi connectivity index (χ3v) is 3.44. The van der Waals surface area contributed by atoms with Gasteiger partial charge >= 0.3 is 0 Å². The second-order valence-electron chi connectivity index (χ2n) is 4.31. The van der Waals surface area contributed by atoms with Gasteiger partial charge in [0.2, 0.25) is 0 Å². The first-order chi connectivity index (χ1) is 6.31. The molecule has 2 aliphatic heterocycles. The van der Waals surface area contributed by atoms with Gasteiger partial charge in [0.05, 0.1) is 0 Å². The van der Waals surface area contributed by atoms with Gasteiger partial charge in [-0.05, 0) is 25.7 Å². The molecule has 2 heterocycles. The number of hydrogen-bond acceptors (Lipinski definition) is 2. The van der Waals surface area contributed by atoms with Gasteiger partial charge in [-0.15, -0.1) is 12.3 Å². The van der Waals surface area contributed by atoms with Crippen LogP contribution in [0.2, 0.25) is 0 Å². The normalized spacial score (nSPS) is 38.9. The van der Waals surface area contributed by atoms with Crippen LogP contribution in [0.3, 0.4) is 0 Å². The van der Waals surface area contributed by atoms with Crippen LogP contribution in [-0.4, -0.2) is 29.6 Å². The average Bonchev–Trinajstić information content (AvgIpc) is 2.33. The van der Waals surface area contributed by atoms with Gasteiger partial charge in [-0.1, -0.05) is 0 Å². The maximum absolute atomic E-state index is 5.98. The lowest BCUT2D eigenvalue weighted by Gasteiger charge is -2.37. The fourth-order valence-electron chi connectivity index (χ4n) is 2.88. The SMILES string of the molecule is C#CCCN1C2CCC1CC(N)C2. The van der Waals surface area contributed by atoms with Crippen LogP contribution in [0.5, 0.6) is 0 Å². The number of piperidine rings is 1. The Labute approximate surface area is 80.5 Å². The topological polar surface area (TPSA) is 29.3 Å². The van der Waals surface area contributed by atoms with Crippen molar-refractivity contribution in [1.82, 2.24) is 4.90 Å². The Morgan fingerprint density at radius 3 is 2.46 bits per heavy atom. The molecule has 0 amide bonds. The van der Waals surface area contributed by atoms with Crippen LogP contribution < -0.4 is 5.73 Å². The highest BCUT2D eigenvalue weighted by molar-refractivity contribution is 4.98. The second kappa shape index (κ2) is 3.69. The molecule has 2 heteroatoms. The molecule has 2 fully saturated rings. The van der Waals surface area contributed by atoms with Gasteiger partial charge in [-0.3, -0.25) is 4.90 Å². The molecule has 2 aliphatic rings. The lowest BCUT2D eigenvalue weighted by Crippen LogP contribution is -2.47. The van der Waals surface area contributed by atoms with Gasteiger partial charge in [0.15, 0.2) is 0 Å². The van der Waals surface area contributed by atoms with Crippen molar-refractivity contribution in [3.8, 4) is 12.3 Å². The van der Waals surface area contributed by atoms with Crippen molar-refractivity contribution in [3.05, 3.63) is 0 Å². The molecule has 0 aromatic heterocycles. The van der Waals surface area contributed by atoms with Crippen molar-refractivity contribution < 1.29 is 0 Å². The summed E-state index contributed by atoms with van der Waals surface area (Å²) < 4.78 is 0. The number of hydrogen-bond donors (Lipinski definition) is 1. The molecule has 13 heavy (non-hydrogen) atoms. The number of terminal acetylenes is 1. The van der Waals surface area contributed by atoms with Crippen LogP contribution >= 0.6 is 0 Å². The Bertz CT molecular complexity index is 205. The Morgan fingerprint density at radius 1 is 1.31 bits per heavy atom. The van der Waals surface area contributed by atoms with Crippen LogP contribution in [0.4, 0.5) is 0 Å². The predicted molar refractivity (Wildman–Crippen MR) is 54.2 cm³/mol. The average molecular weight is 178 g/mol. The molecule has 0 spiro atoms. The number of rotatable bonds is 2. The summed E-state index contributed by atoms with van der Waals surface area (Å²) in [5.41, 5.74) is 5.98. The van der Waals surface area contributed by atoms with E-state index in [2.05, 4.69) is 10.8 Å². The summed E-state index contributed by atoms with van der Waals surface area (Å²) >= 11 is 0. The molecule has 2 N–H and O–H groups in total. The van der Waals surface area contributed by atoms with Crippen LogP contribution in [0.15, 0.2) is 0 Å². The maximum Gasteiger partial charge on any atom is 0.0214 e. The summed E-state index contributed by atoms with van der Waals surface area (Å²) in [5.74, 6) is 2.72. The zero-order valence-corrected chi connectivity index (χ0v) is 8.08. The lowest BCUT2D eigenvalue weighted by molar-refractivity contribution is 0.131. The van der Waals surface area contributed by atoms with E-state index in [9.17, 15) is 0 Å². The quantitative estimate of drug-likeness (QED) is 0.638. The summed E-state index contributed by atoms with van der Waals surface area (Å²) in [6, 6.07) is 1.92. The first kappa shape index (κ1) is 9.05. The molecular weight excluding hydrogens is 160 g/mol. The molecule has 0 aromatic rings. The van der Waals surface area contributed by atoms with Gasteiger partial charge < -0.3 is 5.73 Å². The molecule has 2 rings (SSSR count). The highest BCUT2D eigenvalue weighted by Crippen LogP contribution is 2.34. The number of nitrogens with two attached hydrogens (primary N) is 1. The second-order valence-corrected chi connectivity index (χ2v) is 4.31. The number of fused-ring (bicyclic) bond motifs is 2. The van der Waals surface area contributed by atoms with Gasteiger partial charge in [-0.2, -0.15) is 0 Å². The third-order valence-electron chi connectivity index (χ3n) is 3.44. The Kier molecular flexibility index (Phi) is 2.57. The molecule has 2 atom stereocenters. The zero-order valence-electron chi connectivity index (χ0n) is 8.08. The maximum atomic E-state index is 5.98. The van der Waals surface area contributed by atoms with Gasteiger partial charge in [0, 0.05) is 31.1 Å². The molecule has 2 nitrogen and oxygen atoms in total. The molecule has 2 bridgehead atoms. The molecule has 0 saturated carbocycles. The van der Waals surface area contributed by atoms with Gasteiger partial charge in [0.1, 0.15) is 0 Å². The molecule has 0 aliphatic carbocycles. The van der Waals surface area contributed by atoms with Gasteiger partial charge in [-0.25, -0.2) is 0 Å². The smallest absolute Gasteiger partial charge is 0.0214 e. The van der Waals surface area contributed by atoms with E-state index >= 15 is 0 Å². The summed E-state index contributed by atoms with van der Waals surface area (Å²) in [4.78, 5) is 2.59. The Morgan fingerprint density at radius 2 is 1.92 bits per heavy atom. The van der Waals surface area contributed by atoms with E-state index in [-0.39, 0.29) is 0 Å². The summed E-state index contributed by atoms with van der Waals surface area (Å²) in [6.45, 7) is 1.08. The molecule has 72 valence electrons. The molecule has 2 saturated heterocycles. The molecular formula is C11H18N2. The summed E-state index contributed by atoms with van der Waals surface area (Å²) in [7, 11) is 0. The van der Waals surface area contributed by atoms with Crippen molar-refractivity contribution in [1.29, 1.82) is 0 Å². The fraction of sp³-hybridized carbons (Fsp3) is 0.818. The predicted octanol–water partition coefficient (Wildman–Crippen LogP) is 0.964. The van der Waals surface area contributed by atoms with Crippen LogP contribution in [0.25, 0.3) is 0 Å². The van der Waals surface area contributed by atoms with E-state index in [4.69, 9.17) is 12.2 Å². The minimum Gasteiger partial charge on any atom is -0.328 e. The Balaban J connectivity index is 1.95. The van der Waals surface area contributed by atoms with Crippen LogP contribution in [-0.2, 0) is 0 Å². The van der Waals surface area contributed by atoms with E-state index < -0.39 is 0 Å². The van der Waals surface area contributed by atoms with E-state index in [1.165, 1.54) is 25.7 Å². The van der Waals surface area contributed by atoms with Crippen molar-refractivity contribution >= 4 is 0 Å². The zero-order chi connectivity index (χ0) is 9.26. The monoisotopic (exact) mass is 178 g/mol. The van der Waals surface area contributed by atoms with E-state index in [1.807, 2.05) is 0 Å². The minimum atomic E-state index is 0.444. The fourth-order valence-corrected chi connectivity index (χ4v) is 2.88. The van der Waals surface area contributed by atoms with E-state index in [1.54, 1.807) is 0 Å². The van der Waals surface area contributed by atoms with Crippen molar-refractivity contribution in [3.63, 3.8) is 0 Å². The van der Waals surface area contributed by atoms with E-state index in [0.717, 1.165) is 25.0 Å². The van der Waals surface area contributed by atoms with E-state index in [0.29, 0.717) is 6.04 Å². The minimum absolute atomic E-state index is 0.444. The standard InChI is InChI=1S/C11H18N2/c1-2-3-6-13-10-4-5-11(13)8-9(12)7-10/h1,9-11H,3-8,12H2. The van der Waals surface area contributed by atoms with Gasteiger partial charge in [0.25, 0.3) is 0 Å². The van der Waals surface area contributed by atoms with Crippen molar-refractivity contribution in [2.45, 2.75) is 50.2 Å². The van der Waals surface area contributed by atoms with Crippen LogP contribution in [0.1, 0.15) is 32.1 Å². The summed E-state index contributed by atoms with van der Waals surface area (Å²) in [5, 5.41) is 0. The first-order valence-corrected chi connectivity index (χ1v) is 5.26. The molecule has 2 unspecified atom stereocenters. The van der Waals surface area contributed by atoms with Crippen molar-refractivity contribution in [2.75, 3.05) is 6.54 Å². The van der Waals surface area contributed by atoms with Crippen molar-refractivity contribution in [2.24, 2.45) is 5.73 Å².